The summed E-state index contributed by atoms with van der Waals surface area (Å²) in [7, 11) is 0. The summed E-state index contributed by atoms with van der Waals surface area (Å²) >= 11 is 3.05. The Hall–Kier alpha value is -1.24. The van der Waals surface area contributed by atoms with Crippen LogP contribution in [0.15, 0.2) is 22.9 Å². The molecule has 0 aliphatic heterocycles. The van der Waals surface area contributed by atoms with E-state index in [1.807, 2.05) is 24.4 Å². The van der Waals surface area contributed by atoms with Gasteiger partial charge in [0.15, 0.2) is 0 Å². The van der Waals surface area contributed by atoms with Gasteiger partial charge in [0, 0.05) is 5.38 Å². The van der Waals surface area contributed by atoms with E-state index in [9.17, 15) is 4.79 Å². The molecule has 0 saturated heterocycles. The van der Waals surface area contributed by atoms with Crippen LogP contribution in [0.2, 0.25) is 0 Å². The molecular formula is C12H14N2O2S2. The second-order valence-corrected chi connectivity index (χ2v) is 5.58. The molecule has 0 unspecified atom stereocenters. The molecule has 2 heterocycles. The number of aliphatic hydroxyl groups is 1. The summed E-state index contributed by atoms with van der Waals surface area (Å²) in [6.07, 6.45) is 0.699. The minimum absolute atomic E-state index is 0.0514. The number of thiazole rings is 1. The molecule has 2 aromatic rings. The molecule has 0 fully saturated rings. The van der Waals surface area contributed by atoms with Gasteiger partial charge in [0.2, 0.25) is 0 Å². The van der Waals surface area contributed by atoms with Gasteiger partial charge in [-0.3, -0.25) is 4.79 Å². The van der Waals surface area contributed by atoms with E-state index in [0.717, 1.165) is 9.88 Å². The van der Waals surface area contributed by atoms with Crippen molar-refractivity contribution in [1.29, 1.82) is 0 Å². The molecule has 0 aliphatic carbocycles. The van der Waals surface area contributed by atoms with Crippen LogP contribution in [0.1, 0.15) is 23.8 Å². The van der Waals surface area contributed by atoms with Crippen LogP contribution in [0.3, 0.4) is 0 Å². The van der Waals surface area contributed by atoms with Crippen molar-refractivity contribution in [2.24, 2.45) is 0 Å². The van der Waals surface area contributed by atoms with Crippen molar-refractivity contribution in [3.8, 4) is 9.88 Å². The molecule has 1 amide bonds. The van der Waals surface area contributed by atoms with Crippen molar-refractivity contribution in [2.75, 3.05) is 6.61 Å². The Balaban J connectivity index is 2.08. The van der Waals surface area contributed by atoms with Crippen molar-refractivity contribution in [3.63, 3.8) is 0 Å². The summed E-state index contributed by atoms with van der Waals surface area (Å²) < 4.78 is 0. The lowest BCUT2D eigenvalue weighted by molar-refractivity contribution is 0.0910. The first kappa shape index (κ1) is 13.2. The van der Waals surface area contributed by atoms with E-state index in [-0.39, 0.29) is 18.6 Å². The molecule has 96 valence electrons. The number of hydrogen-bond donors (Lipinski definition) is 2. The average Bonchev–Trinajstić information content (AvgIpc) is 3.04. The van der Waals surface area contributed by atoms with Crippen molar-refractivity contribution < 1.29 is 9.90 Å². The third-order valence-electron chi connectivity index (χ3n) is 2.52. The molecule has 2 aromatic heterocycles. The zero-order valence-electron chi connectivity index (χ0n) is 9.92. The molecule has 0 radical (unpaired) electrons. The zero-order chi connectivity index (χ0) is 13.0. The summed E-state index contributed by atoms with van der Waals surface area (Å²) in [6, 6.07) is 3.73. The predicted octanol–water partition coefficient (Wildman–Crippen LogP) is 2.37. The van der Waals surface area contributed by atoms with Crippen LogP contribution < -0.4 is 5.32 Å². The minimum atomic E-state index is -0.227. The number of carbonyl (C=O) groups is 1. The van der Waals surface area contributed by atoms with Gasteiger partial charge in [-0.2, -0.15) is 0 Å². The Labute approximate surface area is 113 Å². The Morgan fingerprint density at radius 2 is 2.39 bits per heavy atom. The number of nitrogens with zero attached hydrogens (tertiary/aromatic N) is 1. The van der Waals surface area contributed by atoms with E-state index in [4.69, 9.17) is 5.11 Å². The van der Waals surface area contributed by atoms with Gasteiger partial charge < -0.3 is 10.4 Å². The minimum Gasteiger partial charge on any atom is -0.394 e. The van der Waals surface area contributed by atoms with Gasteiger partial charge in [-0.15, -0.1) is 22.7 Å². The van der Waals surface area contributed by atoms with E-state index in [1.54, 1.807) is 16.7 Å². The van der Waals surface area contributed by atoms with E-state index >= 15 is 0 Å². The standard InChI is InChI=1S/C12H14N2O2S2/c1-2-8(6-15)13-11(16)9-7-18-12(14-9)10-4-3-5-17-10/h3-5,7-8,15H,2,6H2,1H3,(H,13,16)/t8-/m1/s1. The third kappa shape index (κ3) is 2.95. The molecule has 1 atom stereocenters. The van der Waals surface area contributed by atoms with E-state index in [0.29, 0.717) is 12.1 Å². The Morgan fingerprint density at radius 1 is 1.56 bits per heavy atom. The van der Waals surface area contributed by atoms with Crippen molar-refractivity contribution in [1.82, 2.24) is 10.3 Å². The number of rotatable bonds is 5. The number of hydrogen-bond acceptors (Lipinski definition) is 5. The maximum atomic E-state index is 11.9. The Bertz CT molecular complexity index is 504. The second-order valence-electron chi connectivity index (χ2n) is 3.78. The van der Waals surface area contributed by atoms with Crippen molar-refractivity contribution >= 4 is 28.6 Å². The van der Waals surface area contributed by atoms with Gasteiger partial charge in [0.25, 0.3) is 5.91 Å². The first-order valence-corrected chi connectivity index (χ1v) is 7.41. The van der Waals surface area contributed by atoms with Crippen LogP contribution in [0.5, 0.6) is 0 Å². The summed E-state index contributed by atoms with van der Waals surface area (Å²) in [6.45, 7) is 1.86. The highest BCUT2D eigenvalue weighted by molar-refractivity contribution is 7.20. The fourth-order valence-electron chi connectivity index (χ4n) is 1.43. The monoisotopic (exact) mass is 282 g/mol. The summed E-state index contributed by atoms with van der Waals surface area (Å²) in [4.78, 5) is 17.3. The van der Waals surface area contributed by atoms with Gasteiger partial charge >= 0.3 is 0 Å². The number of amides is 1. The molecular weight excluding hydrogens is 268 g/mol. The normalized spacial score (nSPS) is 12.3. The van der Waals surface area contributed by atoms with Gasteiger partial charge in [-0.25, -0.2) is 4.98 Å². The molecule has 0 spiro atoms. The highest BCUT2D eigenvalue weighted by Crippen LogP contribution is 2.27. The van der Waals surface area contributed by atoms with Crippen LogP contribution in [0.25, 0.3) is 9.88 Å². The molecule has 4 nitrogen and oxygen atoms in total. The molecule has 0 aromatic carbocycles. The molecule has 18 heavy (non-hydrogen) atoms. The first-order chi connectivity index (χ1) is 8.74. The summed E-state index contributed by atoms with van der Waals surface area (Å²) in [5, 5.41) is 16.4. The summed E-state index contributed by atoms with van der Waals surface area (Å²) in [5.41, 5.74) is 0.412. The van der Waals surface area contributed by atoms with Gasteiger partial charge in [0.1, 0.15) is 10.7 Å². The fourth-order valence-corrected chi connectivity index (χ4v) is 3.04. The van der Waals surface area contributed by atoms with Crippen molar-refractivity contribution in [3.05, 3.63) is 28.6 Å². The SMILES string of the molecule is CC[C@H](CO)NC(=O)c1csc(-c2cccs2)n1. The highest BCUT2D eigenvalue weighted by Gasteiger charge is 2.15. The lowest BCUT2D eigenvalue weighted by atomic mass is 10.2. The highest BCUT2D eigenvalue weighted by atomic mass is 32.1. The number of carbonyl (C=O) groups excluding carboxylic acids is 1. The molecule has 6 heteroatoms. The summed E-state index contributed by atoms with van der Waals surface area (Å²) in [5.74, 6) is -0.227. The van der Waals surface area contributed by atoms with Crippen LogP contribution in [-0.2, 0) is 0 Å². The molecule has 2 rings (SSSR count). The molecule has 2 N–H and O–H groups in total. The lowest BCUT2D eigenvalue weighted by Crippen LogP contribution is -2.37. The Morgan fingerprint density at radius 3 is 3.00 bits per heavy atom. The molecule has 0 aliphatic rings. The maximum Gasteiger partial charge on any atom is 0.271 e. The van der Waals surface area contributed by atoms with Gasteiger partial charge in [0.05, 0.1) is 17.5 Å². The number of aromatic nitrogens is 1. The quantitative estimate of drug-likeness (QED) is 0.885. The molecule has 0 bridgehead atoms. The Kier molecular flexibility index (Phi) is 4.46. The lowest BCUT2D eigenvalue weighted by Gasteiger charge is -2.12. The average molecular weight is 282 g/mol. The molecule has 0 saturated carbocycles. The number of aliphatic hydroxyl groups excluding tert-OH is 1. The zero-order valence-corrected chi connectivity index (χ0v) is 11.6. The predicted molar refractivity (Wildman–Crippen MR) is 74.1 cm³/mol. The largest absolute Gasteiger partial charge is 0.394 e. The van der Waals surface area contributed by atoms with Gasteiger partial charge in [-0.1, -0.05) is 13.0 Å². The fraction of sp³-hybridized carbons (Fsp3) is 0.333. The smallest absolute Gasteiger partial charge is 0.271 e. The third-order valence-corrected chi connectivity index (χ3v) is 4.40. The van der Waals surface area contributed by atoms with Gasteiger partial charge in [-0.05, 0) is 17.9 Å². The van der Waals surface area contributed by atoms with E-state index in [2.05, 4.69) is 10.3 Å². The van der Waals surface area contributed by atoms with Crippen LogP contribution in [0.4, 0.5) is 0 Å². The maximum absolute atomic E-state index is 11.9. The van der Waals surface area contributed by atoms with Crippen LogP contribution in [-0.4, -0.2) is 28.6 Å². The second kappa shape index (κ2) is 6.08. The number of nitrogens with one attached hydrogen (secondary N) is 1. The number of thiophene rings is 1. The van der Waals surface area contributed by atoms with Crippen LogP contribution in [0, 0.1) is 0 Å². The van der Waals surface area contributed by atoms with E-state index in [1.165, 1.54) is 11.3 Å². The first-order valence-electron chi connectivity index (χ1n) is 5.65. The van der Waals surface area contributed by atoms with Crippen LogP contribution >= 0.6 is 22.7 Å². The van der Waals surface area contributed by atoms with Crippen molar-refractivity contribution in [2.45, 2.75) is 19.4 Å². The topological polar surface area (TPSA) is 62.2 Å². The van der Waals surface area contributed by atoms with E-state index < -0.39 is 0 Å².